The normalized spacial score (nSPS) is 11.7. The fraction of sp³-hybridized carbons (Fsp3) is 0.294. The van der Waals surface area contributed by atoms with Crippen LogP contribution in [-0.2, 0) is 11.3 Å². The van der Waals surface area contributed by atoms with Crippen LogP contribution >= 0.6 is 0 Å². The van der Waals surface area contributed by atoms with Gasteiger partial charge in [-0.25, -0.2) is 0 Å². The van der Waals surface area contributed by atoms with Gasteiger partial charge >= 0.3 is 0 Å². The first kappa shape index (κ1) is 16.9. The largest absolute Gasteiger partial charge is 0.497 e. The first-order valence-electron chi connectivity index (χ1n) is 7.26. The number of nitrogens with one attached hydrogen (secondary N) is 1. The zero-order chi connectivity index (χ0) is 16.5. The lowest BCUT2D eigenvalue weighted by Gasteiger charge is -2.12. The summed E-state index contributed by atoms with van der Waals surface area (Å²) in [6.07, 6.45) is 2.30. The van der Waals surface area contributed by atoms with Crippen LogP contribution < -0.4 is 10.1 Å². The molecule has 23 heavy (non-hydrogen) atoms. The minimum absolute atomic E-state index is 0.121. The molecular weight excluding hydrogens is 296 g/mol. The minimum atomic E-state index is -0.770. The summed E-state index contributed by atoms with van der Waals surface area (Å²) >= 11 is 0. The molecule has 0 aliphatic heterocycles. The number of benzene rings is 1. The number of aliphatic hydroxyl groups is 1. The van der Waals surface area contributed by atoms with Crippen molar-refractivity contribution in [3.05, 3.63) is 59.9 Å². The number of carbonyl (C=O) groups excluding carboxylic acids is 1. The Hall–Kier alpha value is -2.44. The number of amides is 1. The van der Waals surface area contributed by atoms with Gasteiger partial charge in [-0.1, -0.05) is 12.1 Å². The van der Waals surface area contributed by atoms with E-state index in [-0.39, 0.29) is 19.1 Å². The van der Waals surface area contributed by atoms with Crippen molar-refractivity contribution < 1.29 is 19.4 Å². The Labute approximate surface area is 135 Å². The average molecular weight is 316 g/mol. The predicted octanol–water partition coefficient (Wildman–Crippen LogP) is 1.40. The summed E-state index contributed by atoms with van der Waals surface area (Å²) in [7, 11) is 1.61. The van der Waals surface area contributed by atoms with Gasteiger partial charge in [0.1, 0.15) is 5.75 Å². The Kier molecular flexibility index (Phi) is 6.53. The number of hydrogen-bond donors (Lipinski definition) is 2. The third-order valence-electron chi connectivity index (χ3n) is 3.16. The molecule has 2 rings (SSSR count). The Morgan fingerprint density at radius 2 is 2.09 bits per heavy atom. The van der Waals surface area contributed by atoms with Crippen LogP contribution in [0.5, 0.6) is 5.75 Å². The van der Waals surface area contributed by atoms with E-state index in [9.17, 15) is 9.90 Å². The van der Waals surface area contributed by atoms with Crippen LogP contribution in [0.15, 0.2) is 48.8 Å². The van der Waals surface area contributed by atoms with Crippen LogP contribution in [0.1, 0.15) is 15.9 Å². The summed E-state index contributed by atoms with van der Waals surface area (Å²) in [5, 5.41) is 12.5. The highest BCUT2D eigenvalue weighted by Crippen LogP contribution is 2.11. The zero-order valence-corrected chi connectivity index (χ0v) is 12.9. The summed E-state index contributed by atoms with van der Waals surface area (Å²) in [6, 6.07) is 10.8. The number of aliphatic hydroxyl groups excluding tert-OH is 1. The second kappa shape index (κ2) is 8.87. The molecule has 1 aromatic carbocycles. The molecule has 0 bridgehead atoms. The molecule has 0 fully saturated rings. The van der Waals surface area contributed by atoms with Gasteiger partial charge in [-0.2, -0.15) is 0 Å². The third-order valence-corrected chi connectivity index (χ3v) is 3.16. The summed E-state index contributed by atoms with van der Waals surface area (Å²) in [6.45, 7) is 0.646. The van der Waals surface area contributed by atoms with Gasteiger partial charge < -0.3 is 19.9 Å². The highest BCUT2D eigenvalue weighted by molar-refractivity contribution is 5.93. The van der Waals surface area contributed by atoms with Crippen molar-refractivity contribution in [1.82, 2.24) is 10.3 Å². The number of carbonyl (C=O) groups is 1. The molecule has 2 N–H and O–H groups in total. The molecule has 0 spiro atoms. The summed E-state index contributed by atoms with van der Waals surface area (Å²) in [5.41, 5.74) is 1.44. The third kappa shape index (κ3) is 5.69. The van der Waals surface area contributed by atoms with E-state index in [0.717, 1.165) is 11.3 Å². The van der Waals surface area contributed by atoms with E-state index in [2.05, 4.69) is 10.3 Å². The van der Waals surface area contributed by atoms with Crippen molar-refractivity contribution in [2.75, 3.05) is 20.3 Å². The SMILES string of the molecule is COc1ccc(COCC(O)CNC(=O)c2cccnc2)cc1. The molecule has 1 unspecified atom stereocenters. The van der Waals surface area contributed by atoms with E-state index in [4.69, 9.17) is 9.47 Å². The van der Waals surface area contributed by atoms with Crippen molar-refractivity contribution in [1.29, 1.82) is 0 Å². The van der Waals surface area contributed by atoms with Gasteiger partial charge in [-0.15, -0.1) is 0 Å². The number of rotatable bonds is 8. The summed E-state index contributed by atoms with van der Waals surface area (Å²) in [4.78, 5) is 15.7. The van der Waals surface area contributed by atoms with Gasteiger partial charge in [0.05, 0.1) is 32.0 Å². The van der Waals surface area contributed by atoms with E-state index in [1.165, 1.54) is 6.20 Å². The molecule has 1 aromatic heterocycles. The standard InChI is InChI=1S/C17H20N2O4/c1-22-16-6-4-13(5-7-16)11-23-12-15(20)10-19-17(21)14-3-2-8-18-9-14/h2-9,15,20H,10-12H2,1H3,(H,19,21). The summed E-state index contributed by atoms with van der Waals surface area (Å²) < 4.78 is 10.5. The average Bonchev–Trinajstić information content (AvgIpc) is 2.61. The second-order valence-corrected chi connectivity index (χ2v) is 4.97. The molecule has 0 aliphatic rings. The van der Waals surface area contributed by atoms with E-state index in [1.807, 2.05) is 24.3 Å². The first-order chi connectivity index (χ1) is 11.2. The molecule has 2 aromatic rings. The lowest BCUT2D eigenvalue weighted by Crippen LogP contribution is -2.34. The fourth-order valence-electron chi connectivity index (χ4n) is 1.90. The van der Waals surface area contributed by atoms with E-state index in [1.54, 1.807) is 25.4 Å². The van der Waals surface area contributed by atoms with Crippen LogP contribution in [0.4, 0.5) is 0 Å². The highest BCUT2D eigenvalue weighted by Gasteiger charge is 2.09. The Morgan fingerprint density at radius 1 is 1.30 bits per heavy atom. The van der Waals surface area contributed by atoms with Gasteiger partial charge in [0.15, 0.2) is 0 Å². The van der Waals surface area contributed by atoms with Gasteiger partial charge in [-0.3, -0.25) is 9.78 Å². The number of ether oxygens (including phenoxy) is 2. The number of pyridine rings is 1. The Bertz CT molecular complexity index is 602. The minimum Gasteiger partial charge on any atom is -0.497 e. The van der Waals surface area contributed by atoms with Gasteiger partial charge in [0.2, 0.25) is 0 Å². The molecule has 122 valence electrons. The lowest BCUT2D eigenvalue weighted by atomic mass is 10.2. The maximum absolute atomic E-state index is 11.8. The number of nitrogens with zero attached hydrogens (tertiary/aromatic N) is 1. The Morgan fingerprint density at radius 3 is 2.74 bits per heavy atom. The maximum atomic E-state index is 11.8. The second-order valence-electron chi connectivity index (χ2n) is 4.97. The maximum Gasteiger partial charge on any atom is 0.252 e. The van der Waals surface area contributed by atoms with Crippen molar-refractivity contribution >= 4 is 5.91 Å². The van der Waals surface area contributed by atoms with Crippen molar-refractivity contribution in [2.24, 2.45) is 0 Å². The van der Waals surface area contributed by atoms with E-state index in [0.29, 0.717) is 12.2 Å². The number of hydrogen-bond acceptors (Lipinski definition) is 5. The predicted molar refractivity (Wildman–Crippen MR) is 85.2 cm³/mol. The van der Waals surface area contributed by atoms with Gasteiger partial charge in [0, 0.05) is 18.9 Å². The quantitative estimate of drug-likeness (QED) is 0.769. The Balaban J connectivity index is 1.66. The molecule has 0 aliphatic carbocycles. The highest BCUT2D eigenvalue weighted by atomic mass is 16.5. The van der Waals surface area contributed by atoms with Crippen molar-refractivity contribution in [3.8, 4) is 5.75 Å². The lowest BCUT2D eigenvalue weighted by molar-refractivity contribution is 0.0285. The fourth-order valence-corrected chi connectivity index (χ4v) is 1.90. The molecular formula is C17H20N2O4. The van der Waals surface area contributed by atoms with Crippen LogP contribution in [0.3, 0.4) is 0 Å². The molecule has 0 radical (unpaired) electrons. The van der Waals surface area contributed by atoms with Crippen LogP contribution in [0.2, 0.25) is 0 Å². The van der Waals surface area contributed by atoms with E-state index < -0.39 is 6.10 Å². The van der Waals surface area contributed by atoms with Crippen LogP contribution in [0, 0.1) is 0 Å². The van der Waals surface area contributed by atoms with Gasteiger partial charge in [-0.05, 0) is 29.8 Å². The van der Waals surface area contributed by atoms with E-state index >= 15 is 0 Å². The van der Waals surface area contributed by atoms with Crippen LogP contribution in [0.25, 0.3) is 0 Å². The molecule has 1 atom stereocenters. The molecule has 6 heteroatoms. The molecule has 1 amide bonds. The molecule has 6 nitrogen and oxygen atoms in total. The van der Waals surface area contributed by atoms with Crippen molar-refractivity contribution in [2.45, 2.75) is 12.7 Å². The topological polar surface area (TPSA) is 80.7 Å². The number of aromatic nitrogens is 1. The summed E-state index contributed by atoms with van der Waals surface area (Å²) in [5.74, 6) is 0.513. The van der Waals surface area contributed by atoms with Crippen LogP contribution in [-0.4, -0.2) is 42.4 Å². The molecule has 0 saturated carbocycles. The molecule has 1 heterocycles. The molecule has 0 saturated heterocycles. The monoisotopic (exact) mass is 316 g/mol. The first-order valence-corrected chi connectivity index (χ1v) is 7.26. The smallest absolute Gasteiger partial charge is 0.252 e. The van der Waals surface area contributed by atoms with Gasteiger partial charge in [0.25, 0.3) is 5.91 Å². The zero-order valence-electron chi connectivity index (χ0n) is 12.9. The number of methoxy groups -OCH3 is 1. The van der Waals surface area contributed by atoms with Crippen molar-refractivity contribution in [3.63, 3.8) is 0 Å².